The lowest BCUT2D eigenvalue weighted by Crippen LogP contribution is -2.51. The van der Waals surface area contributed by atoms with Crippen molar-refractivity contribution in [1.82, 2.24) is 0 Å². The molecular weight excluding hydrogens is 669 g/mol. The second-order valence-corrected chi connectivity index (χ2v) is 14.2. The molecule has 9 aromatic rings. The van der Waals surface area contributed by atoms with Crippen molar-refractivity contribution in [3.63, 3.8) is 0 Å². The molecule has 1 aromatic heterocycles. The van der Waals surface area contributed by atoms with Gasteiger partial charge in [-0.25, -0.2) is 0 Å². The standard InChI is InChI=1S/C40H8B16O/c41-23-15(17-18(26(44)31(49)30(48)25(17)43)19-21(23)28(46)33(51)32(50)27(19)45)13-9-5-1-3-7-11(9)14(12-8-4-2-6-10(12)13)16-20-22-29(47)34(52)36(54)38(56)40(22)57-39(20)37(55)35(53)24(16)42/h1-8H. The third-order valence-electron chi connectivity index (χ3n) is 11.4. The van der Waals surface area contributed by atoms with Gasteiger partial charge in [-0.3, -0.25) is 0 Å². The van der Waals surface area contributed by atoms with Gasteiger partial charge in [0, 0.05) is 10.8 Å². The van der Waals surface area contributed by atoms with Gasteiger partial charge in [0.25, 0.3) is 0 Å². The second kappa shape index (κ2) is 13.1. The highest BCUT2D eigenvalue weighted by Gasteiger charge is 2.28. The molecule has 0 unspecified atom stereocenters. The lowest BCUT2D eigenvalue weighted by Gasteiger charge is -2.29. The topological polar surface area (TPSA) is 13.1 Å². The van der Waals surface area contributed by atoms with Gasteiger partial charge < -0.3 is 4.42 Å². The van der Waals surface area contributed by atoms with Gasteiger partial charge in [0.15, 0.2) is 0 Å². The van der Waals surface area contributed by atoms with Crippen LogP contribution >= 0.6 is 0 Å². The van der Waals surface area contributed by atoms with E-state index in [9.17, 15) is 0 Å². The Hall–Kier alpha value is -4.36. The molecule has 0 aliphatic heterocycles. The van der Waals surface area contributed by atoms with E-state index < -0.39 is 0 Å². The van der Waals surface area contributed by atoms with Crippen LogP contribution in [-0.2, 0) is 0 Å². The van der Waals surface area contributed by atoms with Crippen LogP contribution in [0.25, 0.3) is 87.3 Å². The van der Waals surface area contributed by atoms with Gasteiger partial charge in [0.05, 0.1) is 0 Å². The van der Waals surface area contributed by atoms with Crippen LogP contribution in [0.5, 0.6) is 0 Å². The largest absolute Gasteiger partial charge is 0.457 e. The third kappa shape index (κ3) is 4.87. The first-order valence-electron chi connectivity index (χ1n) is 17.4. The van der Waals surface area contributed by atoms with E-state index in [0.29, 0.717) is 76.1 Å². The van der Waals surface area contributed by atoms with Gasteiger partial charge >= 0.3 is 0 Å². The van der Waals surface area contributed by atoms with Gasteiger partial charge in [-0.1, -0.05) is 97.7 Å². The van der Waals surface area contributed by atoms with E-state index in [1.807, 2.05) is 48.5 Å². The summed E-state index contributed by atoms with van der Waals surface area (Å²) in [7, 11) is 106. The fourth-order valence-electron chi connectivity index (χ4n) is 8.55. The summed E-state index contributed by atoms with van der Waals surface area (Å²) >= 11 is 0. The number of hydrogen-bond acceptors (Lipinski definition) is 1. The van der Waals surface area contributed by atoms with Crippen LogP contribution in [0.1, 0.15) is 0 Å². The summed E-state index contributed by atoms with van der Waals surface area (Å²) in [6.45, 7) is 0. The maximum Gasteiger partial charge on any atom is 0.128 e. The van der Waals surface area contributed by atoms with E-state index in [-0.39, 0.29) is 98.6 Å². The molecule has 0 amide bonds. The lowest BCUT2D eigenvalue weighted by molar-refractivity contribution is 0.675. The SMILES string of the molecule is [B]c1c([B])c([B])c2c(oc3c([B])c([B])c([B])c(-c4c5ccccc5c(-c5c([B])c6c([B])c([B])c([B])c([B])c6c6c([B])c([B])c([B])c([B])c56)c5ccccc45)c32)c1[B]. The Kier molecular flexibility index (Phi) is 8.76. The normalized spacial score (nSPS) is 11.9. The molecule has 8 aromatic carbocycles. The Labute approximate surface area is 351 Å². The number of fused-ring (bicyclic) bond motifs is 8. The molecule has 1 nitrogen and oxygen atoms in total. The fourth-order valence-corrected chi connectivity index (χ4v) is 8.55. The molecule has 32 radical (unpaired) electrons. The molecule has 0 saturated heterocycles. The van der Waals surface area contributed by atoms with Crippen LogP contribution < -0.4 is 87.4 Å². The first kappa shape index (κ1) is 38.2. The zero-order chi connectivity index (χ0) is 40.8. The van der Waals surface area contributed by atoms with E-state index in [0.717, 1.165) is 0 Å². The van der Waals surface area contributed by atoms with Crippen molar-refractivity contribution < 1.29 is 4.42 Å². The van der Waals surface area contributed by atoms with Crippen molar-refractivity contribution in [2.75, 3.05) is 0 Å². The van der Waals surface area contributed by atoms with Gasteiger partial charge in [0.2, 0.25) is 0 Å². The Morgan fingerprint density at radius 1 is 0.228 bits per heavy atom. The third-order valence-corrected chi connectivity index (χ3v) is 11.4. The minimum absolute atomic E-state index is 0.0468. The van der Waals surface area contributed by atoms with Gasteiger partial charge in [-0.05, 0) is 65.3 Å². The van der Waals surface area contributed by atoms with Crippen LogP contribution in [-0.4, -0.2) is 126 Å². The van der Waals surface area contributed by atoms with Crippen molar-refractivity contribution in [2.45, 2.75) is 0 Å². The Morgan fingerprint density at radius 3 is 0.965 bits per heavy atom. The highest BCUT2D eigenvalue weighted by Crippen LogP contribution is 2.46. The second-order valence-electron chi connectivity index (χ2n) is 14.2. The Bertz CT molecular complexity index is 3310. The molecule has 0 N–H and O–H groups in total. The first-order chi connectivity index (χ1) is 27.0. The van der Waals surface area contributed by atoms with E-state index in [2.05, 4.69) is 0 Å². The molecule has 0 fully saturated rings. The highest BCUT2D eigenvalue weighted by molar-refractivity contribution is 6.74. The van der Waals surface area contributed by atoms with Crippen LogP contribution in [0.15, 0.2) is 52.9 Å². The molecule has 9 rings (SSSR count). The van der Waals surface area contributed by atoms with Crippen molar-refractivity contribution >= 4 is 278 Å². The van der Waals surface area contributed by atoms with Crippen molar-refractivity contribution in [1.29, 1.82) is 0 Å². The van der Waals surface area contributed by atoms with Gasteiger partial charge in [-0.15, -0.1) is 38.2 Å². The lowest BCUT2D eigenvalue weighted by atomic mass is 9.58. The molecule has 0 bridgehead atoms. The summed E-state index contributed by atoms with van der Waals surface area (Å²) in [4.78, 5) is 0. The quantitative estimate of drug-likeness (QED) is 0.101. The van der Waals surface area contributed by atoms with Crippen molar-refractivity contribution in [2.24, 2.45) is 0 Å². The minimum atomic E-state index is 0.0468. The zero-order valence-corrected chi connectivity index (χ0v) is 30.3. The summed E-state index contributed by atoms with van der Waals surface area (Å²) in [6.07, 6.45) is 0. The highest BCUT2D eigenvalue weighted by atomic mass is 16.3. The summed E-state index contributed by atoms with van der Waals surface area (Å²) in [6, 6.07) is 15.2. The van der Waals surface area contributed by atoms with Crippen LogP contribution in [0, 0.1) is 0 Å². The number of furan rings is 1. The van der Waals surface area contributed by atoms with E-state index in [1.54, 1.807) is 0 Å². The van der Waals surface area contributed by atoms with Crippen LogP contribution in [0.2, 0.25) is 0 Å². The fraction of sp³-hybridized carbons (Fsp3) is 0. The zero-order valence-electron chi connectivity index (χ0n) is 30.3. The smallest absolute Gasteiger partial charge is 0.128 e. The Balaban J connectivity index is 1.58. The maximum absolute atomic E-state index is 7.27. The van der Waals surface area contributed by atoms with Crippen LogP contribution in [0.3, 0.4) is 0 Å². The molecule has 0 aliphatic carbocycles. The summed E-state index contributed by atoms with van der Waals surface area (Å²) in [5.41, 5.74) is 3.99. The molecule has 0 aliphatic rings. The van der Waals surface area contributed by atoms with Gasteiger partial charge in [-0.2, -0.15) is 0 Å². The molecule has 0 spiro atoms. The first-order valence-corrected chi connectivity index (χ1v) is 17.4. The predicted octanol–water partition coefficient (Wildman–Crippen LogP) is -7.77. The van der Waals surface area contributed by atoms with Gasteiger partial charge in [0.1, 0.15) is 137 Å². The number of rotatable bonds is 2. The molecule has 222 valence electrons. The molecule has 1 heterocycles. The molecule has 0 atom stereocenters. The predicted molar refractivity (Wildman–Crippen MR) is 261 cm³/mol. The monoisotopic (exact) mass is 680 g/mol. The van der Waals surface area contributed by atoms with Crippen molar-refractivity contribution in [3.05, 3.63) is 48.5 Å². The van der Waals surface area contributed by atoms with Crippen molar-refractivity contribution in [3.8, 4) is 22.3 Å². The van der Waals surface area contributed by atoms with E-state index in [4.69, 9.17) is 130 Å². The summed E-state index contributed by atoms with van der Waals surface area (Å²) in [5.74, 6) is 0. The summed E-state index contributed by atoms with van der Waals surface area (Å²) < 4.78 is 6.33. The maximum atomic E-state index is 7.27. The summed E-state index contributed by atoms with van der Waals surface area (Å²) in [5, 5.41) is 4.92. The van der Waals surface area contributed by atoms with E-state index in [1.165, 1.54) is 0 Å². The minimum Gasteiger partial charge on any atom is -0.457 e. The average molecular weight is 677 g/mol. The molecule has 0 saturated carbocycles. The number of hydrogen-bond donors (Lipinski definition) is 0. The van der Waals surface area contributed by atoms with Crippen LogP contribution in [0.4, 0.5) is 0 Å². The molecule has 57 heavy (non-hydrogen) atoms. The van der Waals surface area contributed by atoms with E-state index >= 15 is 0 Å². The molecular formula is C40H8B16O. The number of benzene rings is 8. The molecule has 17 heteroatoms. The Morgan fingerprint density at radius 2 is 0.526 bits per heavy atom. The average Bonchev–Trinajstić information content (AvgIpc) is 3.61.